The molecule has 0 N–H and O–H groups in total. The Hall–Kier alpha value is -2.73. The van der Waals surface area contributed by atoms with Gasteiger partial charge in [-0.1, -0.05) is 60.1 Å². The van der Waals surface area contributed by atoms with Crippen LogP contribution in [-0.2, 0) is 14.3 Å². The van der Waals surface area contributed by atoms with E-state index in [4.69, 9.17) is 14.5 Å². The molecule has 1 aliphatic carbocycles. The number of esters is 1. The van der Waals surface area contributed by atoms with Crippen LogP contribution in [-0.4, -0.2) is 30.7 Å². The maximum absolute atomic E-state index is 13.3. The van der Waals surface area contributed by atoms with Crippen molar-refractivity contribution in [2.75, 3.05) is 13.2 Å². The maximum atomic E-state index is 13.3. The fraction of sp³-hybridized carbons (Fsp3) is 0.370. The van der Waals surface area contributed by atoms with Gasteiger partial charge in [-0.05, 0) is 48.6 Å². The molecule has 2 aliphatic rings. The maximum Gasteiger partial charge on any atom is 0.315 e. The molecule has 2 aromatic carbocycles. The molecule has 1 heterocycles. The van der Waals surface area contributed by atoms with Crippen molar-refractivity contribution in [2.45, 2.75) is 39.5 Å². The lowest BCUT2D eigenvalue weighted by molar-refractivity contribution is -0.147. The number of hydrogen-bond acceptors (Lipinski definition) is 5. The molecule has 2 aromatic rings. The molecule has 4 rings (SSSR count). The number of benzene rings is 2. The highest BCUT2D eigenvalue weighted by atomic mass is 79.9. The van der Waals surface area contributed by atoms with Crippen molar-refractivity contribution >= 4 is 33.4 Å². The summed E-state index contributed by atoms with van der Waals surface area (Å²) in [5, 5.41) is 0. The summed E-state index contributed by atoms with van der Waals surface area (Å²) >= 11 is 3.47. The van der Waals surface area contributed by atoms with Crippen molar-refractivity contribution in [3.63, 3.8) is 0 Å². The van der Waals surface area contributed by atoms with E-state index in [-0.39, 0.29) is 30.4 Å². The first kappa shape index (κ1) is 23.4. The van der Waals surface area contributed by atoms with Crippen LogP contribution >= 0.6 is 15.9 Å². The zero-order valence-corrected chi connectivity index (χ0v) is 20.7. The number of ketones is 1. The number of ether oxygens (including phenoxy) is 2. The number of rotatable bonds is 6. The smallest absolute Gasteiger partial charge is 0.315 e. The van der Waals surface area contributed by atoms with Crippen molar-refractivity contribution in [1.29, 1.82) is 0 Å². The summed E-state index contributed by atoms with van der Waals surface area (Å²) in [6.07, 6.45) is 1.16. The van der Waals surface area contributed by atoms with E-state index < -0.39 is 11.8 Å². The van der Waals surface area contributed by atoms with Gasteiger partial charge < -0.3 is 9.47 Å². The van der Waals surface area contributed by atoms with Gasteiger partial charge in [-0.2, -0.15) is 0 Å². The van der Waals surface area contributed by atoms with Crippen molar-refractivity contribution in [2.24, 2.45) is 16.3 Å². The Morgan fingerprint density at radius 1 is 1.06 bits per heavy atom. The zero-order valence-electron chi connectivity index (χ0n) is 19.1. The second-order valence-electron chi connectivity index (χ2n) is 9.39. The molecule has 0 radical (unpaired) electrons. The minimum atomic E-state index is -0.646. The van der Waals surface area contributed by atoms with Crippen LogP contribution in [0.5, 0.6) is 5.75 Å². The van der Waals surface area contributed by atoms with Gasteiger partial charge in [-0.25, -0.2) is 0 Å². The van der Waals surface area contributed by atoms with Crippen LogP contribution in [0.25, 0.3) is 0 Å². The van der Waals surface area contributed by atoms with Gasteiger partial charge in [0.15, 0.2) is 5.78 Å². The first-order valence-corrected chi connectivity index (χ1v) is 12.0. The van der Waals surface area contributed by atoms with Crippen LogP contribution in [0.2, 0.25) is 0 Å². The van der Waals surface area contributed by atoms with Gasteiger partial charge in [-0.3, -0.25) is 14.6 Å². The van der Waals surface area contributed by atoms with E-state index >= 15 is 0 Å². The highest BCUT2D eigenvalue weighted by molar-refractivity contribution is 9.10. The first-order valence-electron chi connectivity index (χ1n) is 11.2. The predicted molar refractivity (Wildman–Crippen MR) is 131 cm³/mol. The van der Waals surface area contributed by atoms with Gasteiger partial charge >= 0.3 is 5.97 Å². The average molecular weight is 510 g/mol. The molecule has 0 bridgehead atoms. The van der Waals surface area contributed by atoms with Gasteiger partial charge in [-0.15, -0.1) is 0 Å². The number of aliphatic imine (C=N–C) groups is 1. The fourth-order valence-corrected chi connectivity index (χ4v) is 4.95. The third-order valence-electron chi connectivity index (χ3n) is 6.12. The number of carbonyl (C=O) groups is 2. The quantitative estimate of drug-likeness (QED) is 0.359. The number of hydrogen-bond donors (Lipinski definition) is 0. The molecule has 6 heteroatoms. The van der Waals surface area contributed by atoms with Crippen LogP contribution < -0.4 is 4.74 Å². The largest absolute Gasteiger partial charge is 0.490 e. The molecule has 1 unspecified atom stereocenters. The van der Waals surface area contributed by atoms with Gasteiger partial charge in [0.05, 0.1) is 0 Å². The molecule has 172 valence electrons. The van der Waals surface area contributed by atoms with Crippen LogP contribution in [0.4, 0.5) is 0 Å². The highest BCUT2D eigenvalue weighted by Gasteiger charge is 2.46. The van der Waals surface area contributed by atoms with Crippen molar-refractivity contribution in [3.05, 3.63) is 75.9 Å². The van der Waals surface area contributed by atoms with E-state index in [1.165, 1.54) is 0 Å². The number of Topliss-reactive ketones (excluding diaryl/α,β-unsaturated/α-hetero) is 1. The third kappa shape index (κ3) is 5.27. The van der Waals surface area contributed by atoms with Crippen LogP contribution in [0.15, 0.2) is 75.3 Å². The van der Waals surface area contributed by atoms with E-state index in [9.17, 15) is 9.59 Å². The molecule has 0 saturated carbocycles. The van der Waals surface area contributed by atoms with Gasteiger partial charge in [0, 0.05) is 33.8 Å². The Labute approximate surface area is 203 Å². The Bertz CT molecular complexity index is 1100. The van der Waals surface area contributed by atoms with E-state index in [0.29, 0.717) is 24.1 Å². The summed E-state index contributed by atoms with van der Waals surface area (Å²) in [4.78, 5) is 31.3. The predicted octanol–water partition coefficient (Wildman–Crippen LogP) is 5.89. The molecule has 0 amide bonds. The lowest BCUT2D eigenvalue weighted by Gasteiger charge is -2.39. The number of nitrogens with zero attached hydrogens (tertiary/aromatic N) is 1. The second-order valence-corrected chi connectivity index (χ2v) is 10.3. The molecule has 0 spiro atoms. The van der Waals surface area contributed by atoms with E-state index in [1.807, 2.05) is 61.5 Å². The third-order valence-corrected chi connectivity index (χ3v) is 6.65. The fourth-order valence-electron chi connectivity index (χ4n) is 4.69. The normalized spacial score (nSPS) is 21.8. The first-order chi connectivity index (χ1) is 15.7. The summed E-state index contributed by atoms with van der Waals surface area (Å²) < 4.78 is 12.2. The molecule has 1 aliphatic heterocycles. The summed E-state index contributed by atoms with van der Waals surface area (Å²) in [5.74, 6) is -0.647. The second kappa shape index (κ2) is 9.64. The van der Waals surface area contributed by atoms with Gasteiger partial charge in [0.25, 0.3) is 0 Å². The monoisotopic (exact) mass is 509 g/mol. The van der Waals surface area contributed by atoms with E-state index in [2.05, 4.69) is 29.8 Å². The number of para-hydroxylation sites is 1. The SMILES string of the molecule is CC1=NC2=C(C(=O)CC(C)(C)C2)[C@H](c2ccc(Br)cc2)C1C(=O)OCCOc1ccccc1. The number of carbonyl (C=O) groups excluding carboxylic acids is 2. The minimum absolute atomic E-state index is 0.0654. The lowest BCUT2D eigenvalue weighted by Crippen LogP contribution is -2.39. The van der Waals surface area contributed by atoms with Gasteiger partial charge in [0.2, 0.25) is 0 Å². The molecule has 0 aromatic heterocycles. The summed E-state index contributed by atoms with van der Waals surface area (Å²) in [6, 6.07) is 17.2. The van der Waals surface area contributed by atoms with Crippen molar-refractivity contribution in [1.82, 2.24) is 0 Å². The van der Waals surface area contributed by atoms with Crippen LogP contribution in [0.1, 0.15) is 45.1 Å². The summed E-state index contributed by atoms with van der Waals surface area (Å²) in [7, 11) is 0. The Morgan fingerprint density at radius 3 is 2.45 bits per heavy atom. The molecular formula is C27H28BrNO4. The standard InChI is InChI=1S/C27H28BrNO4/c1-17-23(26(31)33-14-13-32-20-7-5-4-6-8-20)24(18-9-11-19(28)12-10-18)25-21(29-17)15-27(2,3)16-22(25)30/h4-12,23-24H,13-16H2,1-3H3/t23?,24-/m1/s1. The van der Waals surface area contributed by atoms with Gasteiger partial charge in [0.1, 0.15) is 24.9 Å². The Morgan fingerprint density at radius 2 is 1.76 bits per heavy atom. The van der Waals surface area contributed by atoms with Crippen molar-refractivity contribution in [3.8, 4) is 5.75 Å². The summed E-state index contributed by atoms with van der Waals surface area (Å²) in [5.41, 5.74) is 2.91. The minimum Gasteiger partial charge on any atom is -0.490 e. The molecular weight excluding hydrogens is 482 g/mol. The van der Waals surface area contributed by atoms with Crippen LogP contribution in [0, 0.1) is 11.3 Å². The van der Waals surface area contributed by atoms with E-state index in [0.717, 1.165) is 21.5 Å². The number of halogens is 1. The molecule has 0 fully saturated rings. The summed E-state index contributed by atoms with van der Waals surface area (Å²) in [6.45, 7) is 6.40. The molecule has 2 atom stereocenters. The molecule has 33 heavy (non-hydrogen) atoms. The average Bonchev–Trinajstić information content (AvgIpc) is 2.76. The Balaban J connectivity index is 1.58. The van der Waals surface area contributed by atoms with Crippen LogP contribution in [0.3, 0.4) is 0 Å². The molecule has 0 saturated heterocycles. The van der Waals surface area contributed by atoms with E-state index in [1.54, 1.807) is 0 Å². The lowest BCUT2D eigenvalue weighted by atomic mass is 9.67. The zero-order chi connectivity index (χ0) is 23.6. The topological polar surface area (TPSA) is 65.0 Å². The van der Waals surface area contributed by atoms with Crippen molar-refractivity contribution < 1.29 is 19.1 Å². The highest BCUT2D eigenvalue weighted by Crippen LogP contribution is 2.48. The number of allylic oxidation sites excluding steroid dienone is 2. The molecule has 5 nitrogen and oxygen atoms in total. The Kier molecular flexibility index (Phi) is 6.84.